The summed E-state index contributed by atoms with van der Waals surface area (Å²) in [6.07, 6.45) is 14.5. The van der Waals surface area contributed by atoms with Crippen molar-refractivity contribution < 1.29 is 0 Å². The lowest BCUT2D eigenvalue weighted by Gasteiger charge is -2.40. The van der Waals surface area contributed by atoms with Gasteiger partial charge < -0.3 is 9.80 Å². The van der Waals surface area contributed by atoms with Crippen LogP contribution in [0.2, 0.25) is 0 Å². The van der Waals surface area contributed by atoms with Crippen LogP contribution in [-0.4, -0.2) is 0 Å². The Balaban J connectivity index is 0.997. The second-order valence-electron chi connectivity index (χ2n) is 18.3. The van der Waals surface area contributed by atoms with Crippen LogP contribution >= 0.6 is 0 Å². The van der Waals surface area contributed by atoms with Gasteiger partial charge >= 0.3 is 0 Å². The number of nitrogens with zero attached hydrogens (tertiary/aromatic N) is 2. The predicted molar refractivity (Wildman–Crippen MR) is 267 cm³/mol. The van der Waals surface area contributed by atoms with Crippen molar-refractivity contribution in [3.05, 3.63) is 264 Å². The molecule has 2 bridgehead atoms. The van der Waals surface area contributed by atoms with Crippen molar-refractivity contribution in [1.82, 2.24) is 0 Å². The SMILES string of the molecule is C1=CC(C2(c3ccccc3)c3ccccc3-c3cccc(N(c4ccccc4)c4ccc(C5(c6ccc(N(c7ccccc7)c7ccccc7)cc6)CC6CCC5C6)cc4)c32)=CCC1. The van der Waals surface area contributed by atoms with Gasteiger partial charge in [0.25, 0.3) is 0 Å². The zero-order chi connectivity index (χ0) is 42.5. The standard InChI is InChI=1S/C62H52N2/c1-6-19-48(20-7-1)62(49-21-8-2-9-22-49)58-31-17-16-29-56(58)57-30-18-32-59(60(57)62)64(53-27-14-5-15-28-53)55-41-37-47(38-42-55)61(44-45-33-34-50(61)43-45)46-35-39-54(40-36-46)63(51-23-10-3-11-24-51)52-25-12-4-13-26-52/h1,3-8,10-32,35-42,45,50H,2,9,33-34,43-44H2. The van der Waals surface area contributed by atoms with Crippen LogP contribution in [0.5, 0.6) is 0 Å². The van der Waals surface area contributed by atoms with E-state index in [4.69, 9.17) is 0 Å². The first-order chi connectivity index (χ1) is 31.7. The molecule has 8 aromatic carbocycles. The highest BCUT2D eigenvalue weighted by Gasteiger charge is 2.53. The highest BCUT2D eigenvalue weighted by molar-refractivity contribution is 5.94. The van der Waals surface area contributed by atoms with Crippen LogP contribution in [0.25, 0.3) is 11.1 Å². The molecule has 0 aromatic heterocycles. The molecular formula is C62H52N2. The summed E-state index contributed by atoms with van der Waals surface area (Å²) in [6.45, 7) is 0. The Morgan fingerprint density at radius 3 is 1.52 bits per heavy atom. The molecular weight excluding hydrogens is 773 g/mol. The minimum Gasteiger partial charge on any atom is -0.311 e. The van der Waals surface area contributed by atoms with E-state index < -0.39 is 5.41 Å². The summed E-state index contributed by atoms with van der Waals surface area (Å²) in [7, 11) is 0. The molecule has 8 aromatic rings. The van der Waals surface area contributed by atoms with Crippen molar-refractivity contribution in [3.63, 3.8) is 0 Å². The van der Waals surface area contributed by atoms with Gasteiger partial charge in [0.15, 0.2) is 0 Å². The zero-order valence-electron chi connectivity index (χ0n) is 36.2. The van der Waals surface area contributed by atoms with Gasteiger partial charge in [-0.25, -0.2) is 0 Å². The quantitative estimate of drug-likeness (QED) is 0.136. The van der Waals surface area contributed by atoms with Crippen LogP contribution in [0.1, 0.15) is 66.3 Å². The average molecular weight is 825 g/mol. The van der Waals surface area contributed by atoms with E-state index in [2.05, 4.69) is 240 Å². The van der Waals surface area contributed by atoms with E-state index >= 15 is 0 Å². The largest absolute Gasteiger partial charge is 0.311 e. The maximum atomic E-state index is 2.53. The highest BCUT2D eigenvalue weighted by Crippen LogP contribution is 2.62. The molecule has 0 aliphatic heterocycles. The molecule has 2 fully saturated rings. The molecule has 2 saturated carbocycles. The van der Waals surface area contributed by atoms with E-state index in [0.29, 0.717) is 5.92 Å². The molecule has 64 heavy (non-hydrogen) atoms. The van der Waals surface area contributed by atoms with Gasteiger partial charge in [0.2, 0.25) is 0 Å². The number of benzene rings is 8. The lowest BCUT2D eigenvalue weighted by Crippen LogP contribution is -2.34. The summed E-state index contributed by atoms with van der Waals surface area (Å²) in [5.74, 6) is 1.39. The topological polar surface area (TPSA) is 6.48 Å². The molecule has 0 radical (unpaired) electrons. The molecule has 4 atom stereocenters. The summed E-state index contributed by atoms with van der Waals surface area (Å²) in [5.41, 5.74) is 17.4. The maximum absolute atomic E-state index is 2.53. The first-order valence-electron chi connectivity index (χ1n) is 23.4. The first-order valence-corrected chi connectivity index (χ1v) is 23.4. The number of anilines is 6. The summed E-state index contributed by atoms with van der Waals surface area (Å²) in [6, 6.07) is 79.3. The Labute approximate surface area is 378 Å². The Morgan fingerprint density at radius 1 is 0.422 bits per heavy atom. The summed E-state index contributed by atoms with van der Waals surface area (Å²) >= 11 is 0. The second kappa shape index (κ2) is 15.9. The van der Waals surface area contributed by atoms with Crippen molar-refractivity contribution in [2.24, 2.45) is 11.8 Å². The van der Waals surface area contributed by atoms with E-state index in [9.17, 15) is 0 Å². The molecule has 4 aliphatic rings. The normalized spacial score (nSPS) is 21.5. The number of para-hydroxylation sites is 3. The lowest BCUT2D eigenvalue weighted by atomic mass is 9.64. The highest BCUT2D eigenvalue weighted by atomic mass is 15.1. The molecule has 0 amide bonds. The van der Waals surface area contributed by atoms with E-state index in [1.54, 1.807) is 0 Å². The average Bonchev–Trinajstić information content (AvgIpc) is 4.09. The molecule has 0 heterocycles. The number of hydrogen-bond acceptors (Lipinski definition) is 2. The molecule has 2 nitrogen and oxygen atoms in total. The van der Waals surface area contributed by atoms with Crippen LogP contribution in [0, 0.1) is 11.8 Å². The van der Waals surface area contributed by atoms with E-state index in [1.165, 1.54) is 87.3 Å². The molecule has 310 valence electrons. The van der Waals surface area contributed by atoms with Crippen molar-refractivity contribution in [3.8, 4) is 11.1 Å². The Morgan fingerprint density at radius 2 is 0.953 bits per heavy atom. The third-order valence-corrected chi connectivity index (χ3v) is 15.1. The minimum absolute atomic E-state index is 0.0280. The maximum Gasteiger partial charge on any atom is 0.0730 e. The Kier molecular flexibility index (Phi) is 9.55. The second-order valence-corrected chi connectivity index (χ2v) is 18.3. The van der Waals surface area contributed by atoms with Gasteiger partial charge in [0.05, 0.1) is 11.1 Å². The van der Waals surface area contributed by atoms with Gasteiger partial charge in [-0.3, -0.25) is 0 Å². The third-order valence-electron chi connectivity index (χ3n) is 15.1. The number of rotatable bonds is 10. The van der Waals surface area contributed by atoms with Crippen LogP contribution in [-0.2, 0) is 10.8 Å². The molecule has 4 unspecified atom stereocenters. The summed E-state index contributed by atoms with van der Waals surface area (Å²) in [5, 5.41) is 0. The van der Waals surface area contributed by atoms with Crippen molar-refractivity contribution in [2.45, 2.75) is 49.4 Å². The Hall–Kier alpha value is -7.16. The molecule has 12 rings (SSSR count). The fraction of sp³-hybridized carbons (Fsp3) is 0.161. The molecule has 0 N–H and O–H groups in total. The Bertz CT molecular complexity index is 2950. The number of allylic oxidation sites excluding steroid dienone is 4. The van der Waals surface area contributed by atoms with Crippen LogP contribution in [0.4, 0.5) is 34.1 Å². The van der Waals surface area contributed by atoms with Gasteiger partial charge in [0.1, 0.15) is 0 Å². The smallest absolute Gasteiger partial charge is 0.0730 e. The van der Waals surface area contributed by atoms with Gasteiger partial charge in [-0.05, 0) is 150 Å². The fourth-order valence-corrected chi connectivity index (χ4v) is 12.5. The monoisotopic (exact) mass is 824 g/mol. The van der Waals surface area contributed by atoms with Crippen molar-refractivity contribution >= 4 is 34.1 Å². The van der Waals surface area contributed by atoms with Gasteiger partial charge in [0, 0.05) is 39.4 Å². The molecule has 2 heteroatoms. The van der Waals surface area contributed by atoms with Crippen molar-refractivity contribution in [2.75, 3.05) is 9.80 Å². The summed E-state index contributed by atoms with van der Waals surface area (Å²) in [4.78, 5) is 4.90. The first kappa shape index (κ1) is 38.5. The van der Waals surface area contributed by atoms with Crippen LogP contribution < -0.4 is 9.80 Å². The summed E-state index contributed by atoms with van der Waals surface area (Å²) < 4.78 is 0. The zero-order valence-corrected chi connectivity index (χ0v) is 36.2. The van der Waals surface area contributed by atoms with Crippen LogP contribution in [0.3, 0.4) is 0 Å². The fourth-order valence-electron chi connectivity index (χ4n) is 12.5. The minimum atomic E-state index is -0.483. The number of fused-ring (bicyclic) bond motifs is 5. The third kappa shape index (κ3) is 6.07. The van der Waals surface area contributed by atoms with Gasteiger partial charge in [-0.2, -0.15) is 0 Å². The molecule has 0 spiro atoms. The lowest BCUT2D eigenvalue weighted by molar-refractivity contribution is 0.320. The van der Waals surface area contributed by atoms with E-state index in [0.717, 1.165) is 35.8 Å². The predicted octanol–water partition coefficient (Wildman–Crippen LogP) is 16.3. The van der Waals surface area contributed by atoms with Gasteiger partial charge in [-0.1, -0.05) is 170 Å². The molecule has 4 aliphatic carbocycles. The van der Waals surface area contributed by atoms with Crippen LogP contribution in [0.15, 0.2) is 236 Å². The van der Waals surface area contributed by atoms with E-state index in [1.807, 2.05) is 0 Å². The van der Waals surface area contributed by atoms with Crippen molar-refractivity contribution in [1.29, 1.82) is 0 Å². The van der Waals surface area contributed by atoms with Gasteiger partial charge in [-0.15, -0.1) is 0 Å². The number of hydrogen-bond donors (Lipinski definition) is 0. The van der Waals surface area contributed by atoms with E-state index in [-0.39, 0.29) is 5.41 Å². The molecule has 0 saturated heterocycles.